The van der Waals surface area contributed by atoms with Crippen LogP contribution in [0.5, 0.6) is 0 Å². The van der Waals surface area contributed by atoms with Crippen LogP contribution in [0.4, 0.5) is 5.69 Å². The van der Waals surface area contributed by atoms with Gasteiger partial charge in [-0.25, -0.2) is 0 Å². The van der Waals surface area contributed by atoms with Crippen molar-refractivity contribution >= 4 is 45.6 Å². The van der Waals surface area contributed by atoms with Crippen molar-refractivity contribution in [1.82, 2.24) is 15.1 Å². The lowest BCUT2D eigenvalue weighted by Gasteiger charge is -2.27. The first-order valence-corrected chi connectivity index (χ1v) is 11.1. The number of fused-ring (bicyclic) bond motifs is 1. The van der Waals surface area contributed by atoms with Gasteiger partial charge in [0, 0.05) is 25.3 Å². The summed E-state index contributed by atoms with van der Waals surface area (Å²) in [5.74, 6) is 0.0149. The first kappa shape index (κ1) is 20.6. The minimum Gasteiger partial charge on any atom is -0.351 e. The Labute approximate surface area is 182 Å². The minimum absolute atomic E-state index is 0.0392. The molecule has 7 heteroatoms. The van der Waals surface area contributed by atoms with Gasteiger partial charge in [0.15, 0.2) is 5.11 Å². The second-order valence-corrected chi connectivity index (χ2v) is 8.46. The van der Waals surface area contributed by atoms with E-state index in [1.165, 1.54) is 5.39 Å². The highest BCUT2D eigenvalue weighted by Crippen LogP contribution is 2.19. The Hall–Kier alpha value is -2.67. The van der Waals surface area contributed by atoms with Gasteiger partial charge in [0.2, 0.25) is 11.8 Å². The number of nitrogens with one attached hydrogen (secondary N) is 2. The maximum Gasteiger partial charge on any atom is 0.245 e. The Morgan fingerprint density at radius 1 is 1.00 bits per heavy atom. The summed E-state index contributed by atoms with van der Waals surface area (Å²) in [5, 5.41) is 9.10. The summed E-state index contributed by atoms with van der Waals surface area (Å²) in [6.45, 7) is 2.41. The monoisotopic (exact) mass is 424 g/mol. The van der Waals surface area contributed by atoms with E-state index in [0.29, 0.717) is 18.1 Å². The standard InChI is InChI=1S/C23H28N4O2S/c28-21(26-12-5-6-13-26)16-27-14-4-3-9-20(22(27)29)25-23(30)24-19-11-10-17-7-1-2-8-18(17)15-19/h1-2,7-8,10-11,15,20H,3-6,9,12-14,16H2,(H2,24,25,30). The van der Waals surface area contributed by atoms with Crippen molar-refractivity contribution in [3.05, 3.63) is 42.5 Å². The number of likely N-dealkylation sites (tertiary alicyclic amines) is 2. The van der Waals surface area contributed by atoms with Crippen LogP contribution in [0, 0.1) is 0 Å². The number of hydrogen-bond donors (Lipinski definition) is 2. The zero-order valence-electron chi connectivity index (χ0n) is 17.1. The van der Waals surface area contributed by atoms with Crippen LogP contribution >= 0.6 is 12.2 Å². The summed E-state index contributed by atoms with van der Waals surface area (Å²) in [6, 6.07) is 13.8. The van der Waals surface area contributed by atoms with Gasteiger partial charge in [-0.2, -0.15) is 0 Å². The topological polar surface area (TPSA) is 64.7 Å². The van der Waals surface area contributed by atoms with Crippen LogP contribution < -0.4 is 10.6 Å². The van der Waals surface area contributed by atoms with E-state index in [9.17, 15) is 9.59 Å². The van der Waals surface area contributed by atoms with Gasteiger partial charge in [-0.15, -0.1) is 0 Å². The third-order valence-electron chi connectivity index (χ3n) is 5.88. The van der Waals surface area contributed by atoms with E-state index in [1.807, 2.05) is 35.2 Å². The molecule has 2 aliphatic rings. The van der Waals surface area contributed by atoms with Gasteiger partial charge in [0.05, 0.1) is 6.54 Å². The summed E-state index contributed by atoms with van der Waals surface area (Å²) < 4.78 is 0. The molecule has 0 saturated carbocycles. The largest absolute Gasteiger partial charge is 0.351 e. The maximum atomic E-state index is 13.1. The van der Waals surface area contributed by atoms with Crippen LogP contribution in [0.3, 0.4) is 0 Å². The number of nitrogens with zero attached hydrogens (tertiary/aromatic N) is 2. The lowest BCUT2D eigenvalue weighted by Crippen LogP contribution is -2.51. The van der Waals surface area contributed by atoms with E-state index in [4.69, 9.17) is 12.2 Å². The number of carbonyl (C=O) groups is 2. The molecule has 2 fully saturated rings. The van der Waals surface area contributed by atoms with Crippen LogP contribution in [-0.2, 0) is 9.59 Å². The van der Waals surface area contributed by atoms with Crippen molar-refractivity contribution in [2.24, 2.45) is 0 Å². The zero-order valence-corrected chi connectivity index (χ0v) is 17.9. The SMILES string of the molecule is O=C(CN1CCCCC(NC(=S)Nc2ccc3ccccc3c2)C1=O)N1CCCC1. The normalized spacial score (nSPS) is 19.6. The average Bonchev–Trinajstić information content (AvgIpc) is 3.24. The molecule has 2 aromatic rings. The number of hydrogen-bond acceptors (Lipinski definition) is 3. The molecule has 1 unspecified atom stereocenters. The van der Waals surface area contributed by atoms with Crippen LogP contribution in [0.2, 0.25) is 0 Å². The molecule has 158 valence electrons. The number of amides is 2. The van der Waals surface area contributed by atoms with Crippen LogP contribution in [0.25, 0.3) is 10.8 Å². The third-order valence-corrected chi connectivity index (χ3v) is 6.10. The average molecular weight is 425 g/mol. The second kappa shape index (κ2) is 9.43. The maximum absolute atomic E-state index is 13.1. The van der Waals surface area contributed by atoms with Crippen molar-refractivity contribution in [3.63, 3.8) is 0 Å². The second-order valence-electron chi connectivity index (χ2n) is 8.06. The van der Waals surface area contributed by atoms with Crippen molar-refractivity contribution in [1.29, 1.82) is 0 Å². The highest BCUT2D eigenvalue weighted by atomic mass is 32.1. The molecule has 2 aliphatic heterocycles. The van der Waals surface area contributed by atoms with E-state index < -0.39 is 6.04 Å². The number of carbonyl (C=O) groups excluding carboxylic acids is 2. The Kier molecular flexibility index (Phi) is 6.47. The third kappa shape index (κ3) is 4.90. The fraction of sp³-hybridized carbons (Fsp3) is 0.435. The van der Waals surface area contributed by atoms with Gasteiger partial charge >= 0.3 is 0 Å². The van der Waals surface area contributed by atoms with Gasteiger partial charge < -0.3 is 20.4 Å². The highest BCUT2D eigenvalue weighted by molar-refractivity contribution is 7.80. The van der Waals surface area contributed by atoms with Gasteiger partial charge in [-0.3, -0.25) is 9.59 Å². The molecule has 2 aromatic carbocycles. The molecule has 2 N–H and O–H groups in total. The van der Waals surface area contributed by atoms with E-state index in [0.717, 1.165) is 49.8 Å². The first-order valence-electron chi connectivity index (χ1n) is 10.7. The summed E-state index contributed by atoms with van der Waals surface area (Å²) in [7, 11) is 0. The van der Waals surface area contributed by atoms with Gasteiger partial charge in [-0.05, 0) is 67.2 Å². The quantitative estimate of drug-likeness (QED) is 0.739. The summed E-state index contributed by atoms with van der Waals surface area (Å²) >= 11 is 5.48. The van der Waals surface area contributed by atoms with Crippen LogP contribution in [0.1, 0.15) is 32.1 Å². The fourth-order valence-corrected chi connectivity index (χ4v) is 4.48. The molecule has 1 atom stereocenters. The Balaban J connectivity index is 1.37. The molecular formula is C23H28N4O2S. The molecule has 0 aromatic heterocycles. The molecule has 2 heterocycles. The van der Waals surface area contributed by atoms with Gasteiger partial charge in [-0.1, -0.05) is 30.3 Å². The zero-order chi connectivity index (χ0) is 20.9. The number of benzene rings is 2. The molecule has 0 radical (unpaired) electrons. The Morgan fingerprint density at radius 2 is 1.73 bits per heavy atom. The lowest BCUT2D eigenvalue weighted by molar-refractivity contribution is -0.140. The van der Waals surface area contributed by atoms with Gasteiger partial charge in [0.25, 0.3) is 0 Å². The smallest absolute Gasteiger partial charge is 0.245 e. The minimum atomic E-state index is -0.403. The van der Waals surface area contributed by atoms with Crippen molar-refractivity contribution < 1.29 is 9.59 Å². The molecule has 4 rings (SSSR count). The molecule has 30 heavy (non-hydrogen) atoms. The summed E-state index contributed by atoms with van der Waals surface area (Å²) in [6.07, 6.45) is 4.66. The van der Waals surface area contributed by atoms with E-state index in [2.05, 4.69) is 22.8 Å². The van der Waals surface area contributed by atoms with E-state index in [-0.39, 0.29) is 18.4 Å². The fourth-order valence-electron chi connectivity index (χ4n) is 4.22. The molecular weight excluding hydrogens is 396 g/mol. The van der Waals surface area contributed by atoms with Crippen LogP contribution in [0.15, 0.2) is 42.5 Å². The van der Waals surface area contributed by atoms with E-state index in [1.54, 1.807) is 4.90 Å². The lowest BCUT2D eigenvalue weighted by atomic mass is 10.1. The molecule has 6 nitrogen and oxygen atoms in total. The molecule has 2 saturated heterocycles. The van der Waals surface area contributed by atoms with Gasteiger partial charge in [0.1, 0.15) is 6.04 Å². The highest BCUT2D eigenvalue weighted by Gasteiger charge is 2.30. The van der Waals surface area contributed by atoms with Crippen molar-refractivity contribution in [2.45, 2.75) is 38.1 Å². The molecule has 0 aliphatic carbocycles. The van der Waals surface area contributed by atoms with E-state index >= 15 is 0 Å². The summed E-state index contributed by atoms with van der Waals surface area (Å²) in [4.78, 5) is 29.2. The van der Waals surface area contributed by atoms with Crippen molar-refractivity contribution in [2.75, 3.05) is 31.5 Å². The van der Waals surface area contributed by atoms with Crippen LogP contribution in [-0.4, -0.2) is 58.9 Å². The summed E-state index contributed by atoms with van der Waals surface area (Å²) in [5.41, 5.74) is 0.883. The number of anilines is 1. The molecule has 2 amide bonds. The Bertz CT molecular complexity index is 942. The predicted molar refractivity (Wildman–Crippen MR) is 123 cm³/mol. The molecule has 0 bridgehead atoms. The number of thiocarbonyl (C=S) groups is 1. The van der Waals surface area contributed by atoms with Crippen molar-refractivity contribution in [3.8, 4) is 0 Å². The predicted octanol–water partition coefficient (Wildman–Crippen LogP) is 3.13. The number of rotatable bonds is 4. The Morgan fingerprint density at radius 3 is 2.53 bits per heavy atom. The molecule has 0 spiro atoms. The first-order chi connectivity index (χ1) is 14.6.